The van der Waals surface area contributed by atoms with E-state index >= 15 is 0 Å². The topological polar surface area (TPSA) is 59.4 Å². The van der Waals surface area contributed by atoms with Crippen molar-refractivity contribution in [1.29, 1.82) is 0 Å². The lowest BCUT2D eigenvalue weighted by Gasteiger charge is -2.32. The summed E-state index contributed by atoms with van der Waals surface area (Å²) in [6.07, 6.45) is 2.12. The summed E-state index contributed by atoms with van der Waals surface area (Å²) >= 11 is 0. The average molecular weight is 483 g/mol. The van der Waals surface area contributed by atoms with Gasteiger partial charge in [0, 0.05) is 12.2 Å². The molecule has 3 aromatic carbocycles. The number of ether oxygens (including phenoxy) is 1. The van der Waals surface area contributed by atoms with Crippen LogP contribution in [-0.2, 0) is 17.9 Å². The Morgan fingerprint density at radius 3 is 2.42 bits per heavy atom. The van der Waals surface area contributed by atoms with Crippen LogP contribution < -0.4 is 10.1 Å². The van der Waals surface area contributed by atoms with Crippen molar-refractivity contribution in [2.45, 2.75) is 39.8 Å². The largest absolute Gasteiger partial charge is 0.486 e. The molecule has 6 nitrogen and oxygen atoms in total. The molecule has 0 atom stereocenters. The average Bonchev–Trinajstić information content (AvgIpc) is 3.21. The molecule has 1 N–H and O–H groups in total. The van der Waals surface area contributed by atoms with E-state index < -0.39 is 0 Å². The lowest BCUT2D eigenvalue weighted by atomic mass is 9.96. The molecule has 1 amide bonds. The molecule has 36 heavy (non-hydrogen) atoms. The van der Waals surface area contributed by atoms with Crippen molar-refractivity contribution in [3.05, 3.63) is 89.7 Å². The predicted octanol–water partition coefficient (Wildman–Crippen LogP) is 5.58. The monoisotopic (exact) mass is 482 g/mol. The van der Waals surface area contributed by atoms with Crippen molar-refractivity contribution >= 4 is 22.6 Å². The van der Waals surface area contributed by atoms with Gasteiger partial charge in [-0.2, -0.15) is 0 Å². The van der Waals surface area contributed by atoms with Crippen LogP contribution in [0.3, 0.4) is 0 Å². The Morgan fingerprint density at radius 1 is 0.972 bits per heavy atom. The summed E-state index contributed by atoms with van der Waals surface area (Å²) < 4.78 is 8.36. The van der Waals surface area contributed by atoms with Gasteiger partial charge in [0.05, 0.1) is 17.6 Å². The molecule has 186 valence electrons. The molecule has 0 aliphatic carbocycles. The van der Waals surface area contributed by atoms with Gasteiger partial charge in [-0.3, -0.25) is 9.69 Å². The Bertz CT molecular complexity index is 1300. The molecule has 0 spiro atoms. The quantitative estimate of drug-likeness (QED) is 0.356. The van der Waals surface area contributed by atoms with E-state index in [1.807, 2.05) is 48.5 Å². The lowest BCUT2D eigenvalue weighted by Crippen LogP contribution is -2.40. The zero-order valence-corrected chi connectivity index (χ0v) is 21.1. The highest BCUT2D eigenvalue weighted by molar-refractivity contribution is 5.92. The first-order valence-corrected chi connectivity index (χ1v) is 12.8. The van der Waals surface area contributed by atoms with Crippen molar-refractivity contribution in [2.24, 2.45) is 5.92 Å². The standard InChI is InChI=1S/C30H34N4O2/c1-22-16-23(2)18-25(17-22)31-30(35)20-33-14-12-24(13-15-33)19-34-28-11-7-6-10-27(28)32-29(34)21-36-26-8-4-3-5-9-26/h3-11,16-18,24H,12-15,19-21H2,1-2H3,(H,31,35). The molecule has 1 aliphatic heterocycles. The third kappa shape index (κ3) is 5.94. The van der Waals surface area contributed by atoms with Crippen LogP contribution >= 0.6 is 0 Å². The van der Waals surface area contributed by atoms with E-state index in [-0.39, 0.29) is 5.91 Å². The van der Waals surface area contributed by atoms with Gasteiger partial charge in [-0.1, -0.05) is 36.4 Å². The highest BCUT2D eigenvalue weighted by Gasteiger charge is 2.23. The molecule has 6 heteroatoms. The number of amides is 1. The van der Waals surface area contributed by atoms with Gasteiger partial charge in [0.15, 0.2) is 0 Å². The fraction of sp³-hybridized carbons (Fsp3) is 0.333. The zero-order valence-electron chi connectivity index (χ0n) is 21.1. The molecule has 1 saturated heterocycles. The molecular weight excluding hydrogens is 448 g/mol. The van der Waals surface area contributed by atoms with Crippen LogP contribution in [0.15, 0.2) is 72.8 Å². The summed E-state index contributed by atoms with van der Waals surface area (Å²) in [7, 11) is 0. The highest BCUT2D eigenvalue weighted by atomic mass is 16.5. The van der Waals surface area contributed by atoms with Crippen molar-refractivity contribution < 1.29 is 9.53 Å². The number of nitrogens with one attached hydrogen (secondary N) is 1. The van der Waals surface area contributed by atoms with E-state index in [9.17, 15) is 4.79 Å². The number of nitrogens with zero attached hydrogens (tertiary/aromatic N) is 3. The maximum atomic E-state index is 12.6. The number of rotatable bonds is 8. The van der Waals surface area contributed by atoms with Crippen LogP contribution in [0.4, 0.5) is 5.69 Å². The van der Waals surface area contributed by atoms with E-state index in [1.54, 1.807) is 0 Å². The Kier molecular flexibility index (Phi) is 7.33. The predicted molar refractivity (Wildman–Crippen MR) is 144 cm³/mol. The molecule has 0 radical (unpaired) electrons. The second-order valence-electron chi connectivity index (χ2n) is 9.87. The van der Waals surface area contributed by atoms with Crippen molar-refractivity contribution in [2.75, 3.05) is 25.0 Å². The second-order valence-corrected chi connectivity index (χ2v) is 9.87. The minimum Gasteiger partial charge on any atom is -0.486 e. The second kappa shape index (κ2) is 11.0. The van der Waals surface area contributed by atoms with E-state index in [0.717, 1.165) is 71.9 Å². The third-order valence-corrected chi connectivity index (χ3v) is 6.87. The summed E-state index contributed by atoms with van der Waals surface area (Å²) in [5, 5.41) is 3.07. The van der Waals surface area contributed by atoms with Gasteiger partial charge in [-0.15, -0.1) is 0 Å². The molecule has 1 fully saturated rings. The number of benzene rings is 3. The Labute approximate surface area is 212 Å². The Morgan fingerprint density at radius 2 is 1.67 bits per heavy atom. The first-order chi connectivity index (χ1) is 17.5. The molecule has 5 rings (SSSR count). The fourth-order valence-electron chi connectivity index (χ4n) is 5.14. The van der Waals surface area contributed by atoms with Gasteiger partial charge in [0.25, 0.3) is 0 Å². The van der Waals surface area contributed by atoms with Crippen molar-refractivity contribution in [1.82, 2.24) is 14.5 Å². The maximum absolute atomic E-state index is 12.6. The summed E-state index contributed by atoms with van der Waals surface area (Å²) in [5.41, 5.74) is 5.35. The summed E-state index contributed by atoms with van der Waals surface area (Å²) in [6.45, 7) is 7.74. The van der Waals surface area contributed by atoms with E-state index in [1.165, 1.54) is 0 Å². The molecule has 0 saturated carbocycles. The number of likely N-dealkylation sites (tertiary alicyclic amines) is 1. The third-order valence-electron chi connectivity index (χ3n) is 6.87. The smallest absolute Gasteiger partial charge is 0.238 e. The van der Waals surface area contributed by atoms with Crippen LogP contribution in [0.1, 0.15) is 29.8 Å². The molecule has 0 bridgehead atoms. The van der Waals surface area contributed by atoms with Gasteiger partial charge >= 0.3 is 0 Å². The molecule has 4 aromatic rings. The number of aromatic nitrogens is 2. The van der Waals surface area contributed by atoms with Gasteiger partial charge in [0.1, 0.15) is 18.2 Å². The molecule has 2 heterocycles. The zero-order chi connectivity index (χ0) is 24.9. The number of fused-ring (bicyclic) bond motifs is 1. The van der Waals surface area contributed by atoms with Crippen molar-refractivity contribution in [3.8, 4) is 5.75 Å². The van der Waals surface area contributed by atoms with Crippen LogP contribution in [0.2, 0.25) is 0 Å². The van der Waals surface area contributed by atoms with E-state index in [4.69, 9.17) is 9.72 Å². The SMILES string of the molecule is Cc1cc(C)cc(NC(=O)CN2CCC(Cn3c(COc4ccccc4)nc4ccccc43)CC2)c1. The number of imidazole rings is 1. The van der Waals surface area contributed by atoms with Gasteiger partial charge in [0.2, 0.25) is 5.91 Å². The maximum Gasteiger partial charge on any atom is 0.238 e. The molecular formula is C30H34N4O2. The van der Waals surface area contributed by atoms with E-state index in [2.05, 4.69) is 52.9 Å². The van der Waals surface area contributed by atoms with Crippen molar-refractivity contribution in [3.63, 3.8) is 0 Å². The summed E-state index contributed by atoms with van der Waals surface area (Å²) in [6, 6.07) is 24.3. The number of hydrogen-bond acceptors (Lipinski definition) is 4. The van der Waals surface area contributed by atoms with Crippen LogP contribution in [0.25, 0.3) is 11.0 Å². The first-order valence-electron chi connectivity index (χ1n) is 12.8. The number of hydrogen-bond donors (Lipinski definition) is 1. The highest BCUT2D eigenvalue weighted by Crippen LogP contribution is 2.25. The minimum absolute atomic E-state index is 0.0550. The number of para-hydroxylation sites is 3. The summed E-state index contributed by atoms with van der Waals surface area (Å²) in [4.78, 5) is 19.8. The lowest BCUT2D eigenvalue weighted by molar-refractivity contribution is -0.117. The molecule has 1 aliphatic rings. The van der Waals surface area contributed by atoms with Gasteiger partial charge in [-0.25, -0.2) is 4.98 Å². The van der Waals surface area contributed by atoms with E-state index in [0.29, 0.717) is 19.1 Å². The Hall–Kier alpha value is -3.64. The normalized spacial score (nSPS) is 14.7. The number of carbonyl (C=O) groups excluding carboxylic acids is 1. The van der Waals surface area contributed by atoms with Crippen LogP contribution in [-0.4, -0.2) is 40.0 Å². The number of anilines is 1. The molecule has 1 aromatic heterocycles. The number of carbonyl (C=O) groups is 1. The minimum atomic E-state index is 0.0550. The van der Waals surface area contributed by atoms with Gasteiger partial charge < -0.3 is 14.6 Å². The number of piperidine rings is 1. The molecule has 0 unspecified atom stereocenters. The van der Waals surface area contributed by atoms with Crippen LogP contribution in [0.5, 0.6) is 5.75 Å². The number of aryl methyl sites for hydroxylation is 2. The fourth-order valence-corrected chi connectivity index (χ4v) is 5.14. The van der Waals surface area contributed by atoms with Crippen LogP contribution in [0, 0.1) is 19.8 Å². The first kappa shape index (κ1) is 24.1. The summed E-state index contributed by atoms with van der Waals surface area (Å²) in [5.74, 6) is 2.40. The Balaban J connectivity index is 1.18. The van der Waals surface area contributed by atoms with Gasteiger partial charge in [-0.05, 0) is 93.2 Å².